The highest BCUT2D eigenvalue weighted by atomic mass is 16.5. The first-order valence-corrected chi connectivity index (χ1v) is 6.59. The summed E-state index contributed by atoms with van der Waals surface area (Å²) in [6.45, 7) is 4.15. The van der Waals surface area contributed by atoms with Crippen LogP contribution in [0.1, 0.15) is 35.8 Å². The van der Waals surface area contributed by atoms with E-state index in [9.17, 15) is 4.79 Å². The number of hydrogen-bond donors (Lipinski definition) is 1. The molecule has 0 aliphatic carbocycles. The van der Waals surface area contributed by atoms with Crippen LogP contribution in [-0.2, 0) is 0 Å². The number of ether oxygens (including phenoxy) is 1. The number of hydrogen-bond acceptors (Lipinski definition) is 3. The van der Waals surface area contributed by atoms with E-state index < -0.39 is 0 Å². The minimum absolute atomic E-state index is 0.0525. The third-order valence-electron chi connectivity index (χ3n) is 3.21. The summed E-state index contributed by atoms with van der Waals surface area (Å²) in [5.41, 5.74) is 1.59. The number of rotatable bonds is 5. The second-order valence-electron chi connectivity index (χ2n) is 4.98. The standard InChI is InChI=1S/C16H19NO3/c1-11(2)15(12-4-6-14(19-3)7-5-12)17-16(18)13-8-9-20-10-13/h4-11,15H,1-3H3,(H,17,18)/t15-/m0/s1. The Morgan fingerprint density at radius 3 is 2.40 bits per heavy atom. The van der Waals surface area contributed by atoms with Crippen LogP contribution in [0.4, 0.5) is 0 Å². The van der Waals surface area contributed by atoms with Gasteiger partial charge < -0.3 is 14.5 Å². The number of amides is 1. The van der Waals surface area contributed by atoms with Crippen LogP contribution in [0.3, 0.4) is 0 Å². The lowest BCUT2D eigenvalue weighted by molar-refractivity contribution is 0.0925. The maximum atomic E-state index is 12.1. The summed E-state index contributed by atoms with van der Waals surface area (Å²) in [5, 5.41) is 3.03. The Labute approximate surface area is 118 Å². The number of nitrogens with one attached hydrogen (secondary N) is 1. The van der Waals surface area contributed by atoms with E-state index in [0.717, 1.165) is 11.3 Å². The molecule has 0 fully saturated rings. The first kappa shape index (κ1) is 14.2. The topological polar surface area (TPSA) is 51.5 Å². The molecule has 1 aromatic heterocycles. The quantitative estimate of drug-likeness (QED) is 0.908. The number of carbonyl (C=O) groups is 1. The summed E-state index contributed by atoms with van der Waals surface area (Å²) in [4.78, 5) is 12.1. The van der Waals surface area contributed by atoms with Crippen molar-refractivity contribution in [3.63, 3.8) is 0 Å². The van der Waals surface area contributed by atoms with Crippen molar-refractivity contribution in [3.05, 3.63) is 54.0 Å². The van der Waals surface area contributed by atoms with Crippen LogP contribution in [0.2, 0.25) is 0 Å². The van der Waals surface area contributed by atoms with Gasteiger partial charge in [-0.3, -0.25) is 4.79 Å². The van der Waals surface area contributed by atoms with Crippen molar-refractivity contribution in [2.24, 2.45) is 5.92 Å². The third kappa shape index (κ3) is 3.20. The van der Waals surface area contributed by atoms with E-state index in [0.29, 0.717) is 5.56 Å². The largest absolute Gasteiger partial charge is 0.497 e. The molecule has 0 aliphatic rings. The molecule has 1 aromatic carbocycles. The minimum atomic E-state index is -0.131. The van der Waals surface area contributed by atoms with Gasteiger partial charge in [0, 0.05) is 0 Å². The van der Waals surface area contributed by atoms with Crippen molar-refractivity contribution >= 4 is 5.91 Å². The molecule has 0 unspecified atom stereocenters. The fourth-order valence-corrected chi connectivity index (χ4v) is 2.06. The van der Waals surface area contributed by atoms with Gasteiger partial charge in [0.05, 0.1) is 25.0 Å². The number of benzene rings is 1. The van der Waals surface area contributed by atoms with Crippen LogP contribution >= 0.6 is 0 Å². The second kappa shape index (κ2) is 6.28. The molecule has 1 heterocycles. The van der Waals surface area contributed by atoms with Gasteiger partial charge in [-0.05, 0) is 29.7 Å². The summed E-state index contributed by atoms with van der Waals surface area (Å²) in [6, 6.07) is 9.34. The molecule has 4 heteroatoms. The highest BCUT2D eigenvalue weighted by molar-refractivity contribution is 5.94. The van der Waals surface area contributed by atoms with Gasteiger partial charge in [-0.1, -0.05) is 26.0 Å². The van der Waals surface area contributed by atoms with E-state index in [1.807, 2.05) is 24.3 Å². The van der Waals surface area contributed by atoms with Gasteiger partial charge >= 0.3 is 0 Å². The zero-order valence-electron chi connectivity index (χ0n) is 11.9. The average Bonchev–Trinajstić information content (AvgIpc) is 2.98. The summed E-state index contributed by atoms with van der Waals surface area (Å²) in [7, 11) is 1.63. The molecule has 0 saturated carbocycles. The molecular weight excluding hydrogens is 254 g/mol. The monoisotopic (exact) mass is 273 g/mol. The lowest BCUT2D eigenvalue weighted by Gasteiger charge is -2.22. The fourth-order valence-electron chi connectivity index (χ4n) is 2.06. The van der Waals surface area contributed by atoms with Gasteiger partial charge in [0.25, 0.3) is 5.91 Å². The Bertz CT molecular complexity index is 544. The number of furan rings is 1. The zero-order chi connectivity index (χ0) is 14.5. The van der Waals surface area contributed by atoms with Crippen molar-refractivity contribution in [2.45, 2.75) is 19.9 Å². The van der Waals surface area contributed by atoms with Gasteiger partial charge in [-0.15, -0.1) is 0 Å². The highest BCUT2D eigenvalue weighted by Crippen LogP contribution is 2.24. The molecule has 2 aromatic rings. The van der Waals surface area contributed by atoms with E-state index in [4.69, 9.17) is 9.15 Å². The average molecular weight is 273 g/mol. The third-order valence-corrected chi connectivity index (χ3v) is 3.21. The van der Waals surface area contributed by atoms with Crippen LogP contribution in [0.5, 0.6) is 5.75 Å². The minimum Gasteiger partial charge on any atom is -0.497 e. The molecular formula is C16H19NO3. The number of carbonyl (C=O) groups excluding carboxylic acids is 1. The Hall–Kier alpha value is -2.23. The van der Waals surface area contributed by atoms with Crippen molar-refractivity contribution < 1.29 is 13.9 Å². The summed E-state index contributed by atoms with van der Waals surface area (Å²) >= 11 is 0. The zero-order valence-corrected chi connectivity index (χ0v) is 11.9. The lowest BCUT2D eigenvalue weighted by Crippen LogP contribution is -2.31. The predicted octanol–water partition coefficient (Wildman–Crippen LogP) is 3.42. The Morgan fingerprint density at radius 2 is 1.90 bits per heavy atom. The van der Waals surface area contributed by atoms with Crippen LogP contribution in [-0.4, -0.2) is 13.0 Å². The highest BCUT2D eigenvalue weighted by Gasteiger charge is 2.19. The lowest BCUT2D eigenvalue weighted by atomic mass is 9.95. The molecule has 4 nitrogen and oxygen atoms in total. The number of methoxy groups -OCH3 is 1. The predicted molar refractivity (Wildman–Crippen MR) is 76.7 cm³/mol. The first-order chi connectivity index (χ1) is 9.61. The molecule has 0 bridgehead atoms. The normalized spacial score (nSPS) is 12.2. The summed E-state index contributed by atoms with van der Waals surface area (Å²) < 4.78 is 10.1. The molecule has 0 aliphatic heterocycles. The van der Waals surface area contributed by atoms with E-state index in [2.05, 4.69) is 19.2 Å². The van der Waals surface area contributed by atoms with E-state index in [1.165, 1.54) is 12.5 Å². The van der Waals surface area contributed by atoms with Crippen LogP contribution in [0.15, 0.2) is 47.3 Å². The second-order valence-corrected chi connectivity index (χ2v) is 4.98. The van der Waals surface area contributed by atoms with Crippen molar-refractivity contribution in [1.29, 1.82) is 0 Å². The van der Waals surface area contributed by atoms with Crippen molar-refractivity contribution in [1.82, 2.24) is 5.32 Å². The first-order valence-electron chi connectivity index (χ1n) is 6.59. The fraction of sp³-hybridized carbons (Fsp3) is 0.312. The van der Waals surface area contributed by atoms with Gasteiger partial charge in [0.1, 0.15) is 12.0 Å². The molecule has 20 heavy (non-hydrogen) atoms. The van der Waals surface area contributed by atoms with E-state index in [-0.39, 0.29) is 17.9 Å². The molecule has 0 spiro atoms. The van der Waals surface area contributed by atoms with Gasteiger partial charge in [0.2, 0.25) is 0 Å². The Balaban J connectivity index is 2.16. The van der Waals surface area contributed by atoms with Crippen LogP contribution < -0.4 is 10.1 Å². The summed E-state index contributed by atoms with van der Waals surface area (Å²) in [6.07, 6.45) is 2.94. The SMILES string of the molecule is COc1ccc([C@@H](NC(=O)c2ccoc2)C(C)C)cc1. The summed E-state index contributed by atoms with van der Waals surface area (Å²) in [5.74, 6) is 0.949. The van der Waals surface area contributed by atoms with Gasteiger partial charge in [-0.25, -0.2) is 0 Å². The molecule has 106 valence electrons. The Morgan fingerprint density at radius 1 is 1.20 bits per heavy atom. The van der Waals surface area contributed by atoms with Crippen molar-refractivity contribution in [2.75, 3.05) is 7.11 Å². The van der Waals surface area contributed by atoms with E-state index >= 15 is 0 Å². The van der Waals surface area contributed by atoms with Gasteiger partial charge in [0.15, 0.2) is 0 Å². The van der Waals surface area contributed by atoms with E-state index in [1.54, 1.807) is 13.2 Å². The van der Waals surface area contributed by atoms with Crippen LogP contribution in [0, 0.1) is 5.92 Å². The molecule has 2 rings (SSSR count). The molecule has 0 radical (unpaired) electrons. The molecule has 0 saturated heterocycles. The molecule has 1 amide bonds. The smallest absolute Gasteiger partial charge is 0.255 e. The Kier molecular flexibility index (Phi) is 4.45. The van der Waals surface area contributed by atoms with Crippen molar-refractivity contribution in [3.8, 4) is 5.75 Å². The maximum absolute atomic E-state index is 12.1. The maximum Gasteiger partial charge on any atom is 0.255 e. The van der Waals surface area contributed by atoms with Crippen LogP contribution in [0.25, 0.3) is 0 Å². The molecule has 1 atom stereocenters. The molecule has 1 N–H and O–H groups in total. The van der Waals surface area contributed by atoms with Gasteiger partial charge in [-0.2, -0.15) is 0 Å².